The summed E-state index contributed by atoms with van der Waals surface area (Å²) in [5.41, 5.74) is 0. The largest absolute Gasteiger partial charge is 0.380 e. The van der Waals surface area contributed by atoms with Crippen molar-refractivity contribution in [3.8, 4) is 0 Å². The first-order valence-electron chi connectivity index (χ1n) is 5.63. The van der Waals surface area contributed by atoms with Gasteiger partial charge < -0.3 is 10.1 Å². The molecule has 0 amide bonds. The molecule has 2 atom stereocenters. The first-order valence-corrected chi connectivity index (χ1v) is 6.45. The Morgan fingerprint density at radius 2 is 2.47 bits per heavy atom. The summed E-state index contributed by atoms with van der Waals surface area (Å²) in [7, 11) is 0. The van der Waals surface area contributed by atoms with Gasteiger partial charge in [-0.3, -0.25) is 0 Å². The minimum Gasteiger partial charge on any atom is -0.380 e. The average molecular weight is 225 g/mol. The molecule has 0 bridgehead atoms. The van der Waals surface area contributed by atoms with E-state index in [0.29, 0.717) is 12.1 Å². The molecule has 1 aromatic heterocycles. The highest BCUT2D eigenvalue weighted by atomic mass is 32.1. The van der Waals surface area contributed by atoms with Crippen LogP contribution in [0.25, 0.3) is 0 Å². The van der Waals surface area contributed by atoms with Crippen LogP contribution >= 0.6 is 11.3 Å². The van der Waals surface area contributed by atoms with Crippen LogP contribution in [0.1, 0.15) is 23.1 Å². The van der Waals surface area contributed by atoms with E-state index in [9.17, 15) is 0 Å². The van der Waals surface area contributed by atoms with E-state index in [1.165, 1.54) is 9.75 Å². The maximum atomic E-state index is 5.35. The fourth-order valence-corrected chi connectivity index (χ4v) is 3.04. The molecule has 2 unspecified atom stereocenters. The third-order valence-corrected chi connectivity index (χ3v) is 3.78. The standard InChI is InChI=1S/C12H19NOS/c1-9(13-11-5-6-14-8-11)7-12-4-3-10(2)15-12/h3-4,9,11,13H,5-8H2,1-2H3. The Morgan fingerprint density at radius 3 is 3.07 bits per heavy atom. The molecule has 1 saturated heterocycles. The van der Waals surface area contributed by atoms with Gasteiger partial charge in [-0.25, -0.2) is 0 Å². The Bertz CT molecular complexity index is 304. The third-order valence-electron chi connectivity index (χ3n) is 2.75. The van der Waals surface area contributed by atoms with Crippen molar-refractivity contribution < 1.29 is 4.74 Å². The minimum atomic E-state index is 0.551. The molecule has 0 spiro atoms. The first kappa shape index (κ1) is 11.1. The van der Waals surface area contributed by atoms with E-state index in [2.05, 4.69) is 31.3 Å². The summed E-state index contributed by atoms with van der Waals surface area (Å²) in [5.74, 6) is 0. The highest BCUT2D eigenvalue weighted by Gasteiger charge is 2.17. The Labute approximate surface area is 95.6 Å². The van der Waals surface area contributed by atoms with Crippen LogP contribution in [-0.2, 0) is 11.2 Å². The lowest BCUT2D eigenvalue weighted by molar-refractivity contribution is 0.188. The first-order chi connectivity index (χ1) is 7.24. The van der Waals surface area contributed by atoms with Gasteiger partial charge in [-0.05, 0) is 38.8 Å². The lowest BCUT2D eigenvalue weighted by atomic mass is 10.1. The average Bonchev–Trinajstić information content (AvgIpc) is 2.77. The van der Waals surface area contributed by atoms with Crippen LogP contribution in [-0.4, -0.2) is 25.3 Å². The fourth-order valence-electron chi connectivity index (χ4n) is 2.02. The Morgan fingerprint density at radius 1 is 1.60 bits per heavy atom. The Hall–Kier alpha value is -0.380. The predicted molar refractivity (Wildman–Crippen MR) is 64.6 cm³/mol. The lowest BCUT2D eigenvalue weighted by Crippen LogP contribution is -2.37. The van der Waals surface area contributed by atoms with Gasteiger partial charge in [0, 0.05) is 28.4 Å². The molecule has 0 radical (unpaired) electrons. The minimum absolute atomic E-state index is 0.551. The van der Waals surface area contributed by atoms with Crippen LogP contribution in [0.3, 0.4) is 0 Å². The van der Waals surface area contributed by atoms with Gasteiger partial charge in [0.25, 0.3) is 0 Å². The molecule has 2 rings (SSSR count). The van der Waals surface area contributed by atoms with Gasteiger partial charge in [0.05, 0.1) is 6.61 Å². The SMILES string of the molecule is Cc1ccc(CC(C)NC2CCOC2)s1. The topological polar surface area (TPSA) is 21.3 Å². The highest BCUT2D eigenvalue weighted by Crippen LogP contribution is 2.17. The van der Waals surface area contributed by atoms with E-state index in [1.807, 2.05) is 11.3 Å². The van der Waals surface area contributed by atoms with Gasteiger partial charge in [-0.2, -0.15) is 0 Å². The van der Waals surface area contributed by atoms with Crippen LogP contribution in [0, 0.1) is 6.92 Å². The number of thiophene rings is 1. The van der Waals surface area contributed by atoms with Crippen molar-refractivity contribution in [1.29, 1.82) is 0 Å². The molecule has 15 heavy (non-hydrogen) atoms. The molecule has 1 N–H and O–H groups in total. The molecule has 84 valence electrons. The van der Waals surface area contributed by atoms with E-state index >= 15 is 0 Å². The molecular weight excluding hydrogens is 206 g/mol. The second kappa shape index (κ2) is 5.10. The molecule has 1 aliphatic heterocycles. The summed E-state index contributed by atoms with van der Waals surface area (Å²) in [6.45, 7) is 6.22. The third kappa shape index (κ3) is 3.30. The summed E-state index contributed by atoms with van der Waals surface area (Å²) < 4.78 is 5.35. The van der Waals surface area contributed by atoms with Gasteiger partial charge in [-0.1, -0.05) is 0 Å². The molecule has 0 aliphatic carbocycles. The second-order valence-electron chi connectivity index (χ2n) is 4.34. The van der Waals surface area contributed by atoms with Crippen LogP contribution in [0.5, 0.6) is 0 Å². The molecule has 3 heteroatoms. The normalized spacial score (nSPS) is 23.2. The molecule has 0 aromatic carbocycles. The molecule has 1 aromatic rings. The number of rotatable bonds is 4. The number of aryl methyl sites for hydroxylation is 1. The highest BCUT2D eigenvalue weighted by molar-refractivity contribution is 7.11. The second-order valence-corrected chi connectivity index (χ2v) is 5.72. The summed E-state index contributed by atoms with van der Waals surface area (Å²) in [4.78, 5) is 2.88. The summed E-state index contributed by atoms with van der Waals surface area (Å²) in [6.07, 6.45) is 2.29. The van der Waals surface area contributed by atoms with Crippen LogP contribution < -0.4 is 5.32 Å². The van der Waals surface area contributed by atoms with E-state index in [4.69, 9.17) is 4.74 Å². The predicted octanol–water partition coefficient (Wildman–Crippen LogP) is 2.37. The maximum Gasteiger partial charge on any atom is 0.0620 e. The smallest absolute Gasteiger partial charge is 0.0620 e. The van der Waals surface area contributed by atoms with Crippen molar-refractivity contribution in [2.75, 3.05) is 13.2 Å². The zero-order chi connectivity index (χ0) is 10.7. The van der Waals surface area contributed by atoms with E-state index in [0.717, 1.165) is 26.1 Å². The number of ether oxygens (including phenoxy) is 1. The molecular formula is C12H19NOS. The molecule has 2 heterocycles. The molecule has 0 saturated carbocycles. The van der Waals surface area contributed by atoms with Crippen molar-refractivity contribution in [3.05, 3.63) is 21.9 Å². The van der Waals surface area contributed by atoms with E-state index < -0.39 is 0 Å². The number of hydrogen-bond acceptors (Lipinski definition) is 3. The monoisotopic (exact) mass is 225 g/mol. The lowest BCUT2D eigenvalue weighted by Gasteiger charge is -2.17. The van der Waals surface area contributed by atoms with Crippen molar-refractivity contribution in [2.45, 2.75) is 38.8 Å². The summed E-state index contributed by atoms with van der Waals surface area (Å²) >= 11 is 1.90. The van der Waals surface area contributed by atoms with Gasteiger partial charge >= 0.3 is 0 Å². The Balaban J connectivity index is 1.78. The van der Waals surface area contributed by atoms with Crippen LogP contribution in [0.15, 0.2) is 12.1 Å². The summed E-state index contributed by atoms with van der Waals surface area (Å²) in [5, 5.41) is 3.62. The van der Waals surface area contributed by atoms with Crippen molar-refractivity contribution >= 4 is 11.3 Å². The van der Waals surface area contributed by atoms with Gasteiger partial charge in [0.2, 0.25) is 0 Å². The zero-order valence-corrected chi connectivity index (χ0v) is 10.3. The summed E-state index contributed by atoms with van der Waals surface area (Å²) in [6, 6.07) is 5.56. The number of hydrogen-bond donors (Lipinski definition) is 1. The van der Waals surface area contributed by atoms with Crippen molar-refractivity contribution in [2.24, 2.45) is 0 Å². The van der Waals surface area contributed by atoms with Gasteiger partial charge in [0.15, 0.2) is 0 Å². The molecule has 2 nitrogen and oxygen atoms in total. The Kier molecular flexibility index (Phi) is 3.78. The van der Waals surface area contributed by atoms with Crippen molar-refractivity contribution in [1.82, 2.24) is 5.32 Å². The van der Waals surface area contributed by atoms with Crippen molar-refractivity contribution in [3.63, 3.8) is 0 Å². The number of nitrogens with one attached hydrogen (secondary N) is 1. The fraction of sp³-hybridized carbons (Fsp3) is 0.667. The molecule has 1 fully saturated rings. The maximum absolute atomic E-state index is 5.35. The van der Waals surface area contributed by atoms with Crippen LogP contribution in [0.2, 0.25) is 0 Å². The molecule has 1 aliphatic rings. The van der Waals surface area contributed by atoms with E-state index in [1.54, 1.807) is 0 Å². The van der Waals surface area contributed by atoms with E-state index in [-0.39, 0.29) is 0 Å². The van der Waals surface area contributed by atoms with Gasteiger partial charge in [-0.15, -0.1) is 11.3 Å². The zero-order valence-electron chi connectivity index (χ0n) is 9.45. The van der Waals surface area contributed by atoms with Crippen LogP contribution in [0.4, 0.5) is 0 Å². The van der Waals surface area contributed by atoms with Gasteiger partial charge in [0.1, 0.15) is 0 Å². The quantitative estimate of drug-likeness (QED) is 0.849.